The van der Waals surface area contributed by atoms with E-state index < -0.39 is 10.1 Å². The molecular weight excluding hydrogens is 396 g/mol. The van der Waals surface area contributed by atoms with Gasteiger partial charge in [0.1, 0.15) is 10.6 Å². The number of anilines is 1. The zero-order valence-corrected chi connectivity index (χ0v) is 18.8. The minimum atomic E-state index is -3.98. The molecule has 0 amide bonds. The Bertz CT molecular complexity index is 1110. The first-order chi connectivity index (χ1) is 14.2. The van der Waals surface area contributed by atoms with Crippen molar-refractivity contribution in [3.8, 4) is 5.75 Å². The quantitative estimate of drug-likeness (QED) is 0.534. The topological polar surface area (TPSA) is 72.6 Å². The van der Waals surface area contributed by atoms with E-state index in [4.69, 9.17) is 9.92 Å². The maximum Gasteiger partial charge on any atom is 0.339 e. The summed E-state index contributed by atoms with van der Waals surface area (Å²) >= 11 is 0. The van der Waals surface area contributed by atoms with E-state index in [1.165, 1.54) is 0 Å². The lowest BCUT2D eigenvalue weighted by Gasteiger charge is -2.17. The summed E-state index contributed by atoms with van der Waals surface area (Å²) < 4.78 is 31.5. The van der Waals surface area contributed by atoms with Gasteiger partial charge in [-0.15, -0.1) is 0 Å². The lowest BCUT2D eigenvalue weighted by Crippen LogP contribution is -2.24. The Hall–Kier alpha value is -2.57. The summed E-state index contributed by atoms with van der Waals surface area (Å²) in [6.45, 7) is 4.30. The first-order valence-corrected chi connectivity index (χ1v) is 11.6. The van der Waals surface area contributed by atoms with Crippen molar-refractivity contribution in [2.75, 3.05) is 19.0 Å². The van der Waals surface area contributed by atoms with Crippen molar-refractivity contribution in [1.29, 1.82) is 0 Å². The molecule has 0 aliphatic carbocycles. The zero-order valence-electron chi connectivity index (χ0n) is 18.0. The average molecular weight is 427 g/mol. The molecule has 0 bridgehead atoms. The van der Waals surface area contributed by atoms with E-state index in [1.54, 1.807) is 30.3 Å². The van der Waals surface area contributed by atoms with Gasteiger partial charge in [-0.05, 0) is 48.6 Å². The smallest absolute Gasteiger partial charge is 0.339 e. The molecule has 0 saturated heterocycles. The molecular formula is C24H30N2O3S. The molecule has 6 heteroatoms. The highest BCUT2D eigenvalue weighted by molar-refractivity contribution is 7.87. The van der Waals surface area contributed by atoms with Gasteiger partial charge >= 0.3 is 10.1 Å². The first-order valence-electron chi connectivity index (χ1n) is 10.2. The molecule has 3 rings (SSSR count). The maximum absolute atomic E-state index is 13.0. The fraction of sp³-hybridized carbons (Fsp3) is 0.333. The summed E-state index contributed by atoms with van der Waals surface area (Å²) in [5, 5.41) is 1.50. The monoisotopic (exact) mass is 426 g/mol. The molecule has 0 aliphatic rings. The molecule has 0 fully saturated rings. The molecule has 1 unspecified atom stereocenters. The third kappa shape index (κ3) is 5.12. The Morgan fingerprint density at radius 1 is 0.933 bits per heavy atom. The number of hydrogen-bond acceptors (Lipinski definition) is 5. The van der Waals surface area contributed by atoms with Crippen LogP contribution in [0.2, 0.25) is 0 Å². The summed E-state index contributed by atoms with van der Waals surface area (Å²) in [6.07, 6.45) is 1.70. The van der Waals surface area contributed by atoms with E-state index in [1.807, 2.05) is 49.3 Å². The van der Waals surface area contributed by atoms with Crippen LogP contribution in [-0.2, 0) is 16.5 Å². The minimum Gasteiger partial charge on any atom is -0.379 e. The van der Waals surface area contributed by atoms with Crippen molar-refractivity contribution in [2.24, 2.45) is 11.7 Å². The second kappa shape index (κ2) is 9.06. The SMILES string of the molecule is CC(C)CC(N)Cc1ccc(OS(=O)(=O)c2cccc3c(N(C)C)cccc23)cc1. The molecule has 0 spiro atoms. The van der Waals surface area contributed by atoms with Crippen molar-refractivity contribution in [2.45, 2.75) is 37.6 Å². The zero-order chi connectivity index (χ0) is 21.9. The average Bonchev–Trinajstić information content (AvgIpc) is 2.67. The third-order valence-corrected chi connectivity index (χ3v) is 6.32. The van der Waals surface area contributed by atoms with Crippen LogP contribution in [0, 0.1) is 5.92 Å². The number of nitrogens with zero attached hydrogens (tertiary/aromatic N) is 1. The Kier molecular flexibility index (Phi) is 6.68. The van der Waals surface area contributed by atoms with E-state index in [-0.39, 0.29) is 16.7 Å². The van der Waals surface area contributed by atoms with Gasteiger partial charge < -0.3 is 14.8 Å². The lowest BCUT2D eigenvalue weighted by molar-refractivity contribution is 0.485. The van der Waals surface area contributed by atoms with Crippen LogP contribution in [-0.4, -0.2) is 28.6 Å². The summed E-state index contributed by atoms with van der Waals surface area (Å²) in [5.74, 6) is 0.832. The third-order valence-electron chi connectivity index (χ3n) is 5.01. The second-order valence-electron chi connectivity index (χ2n) is 8.30. The van der Waals surface area contributed by atoms with Crippen molar-refractivity contribution in [3.05, 3.63) is 66.2 Å². The van der Waals surface area contributed by atoms with Crippen LogP contribution in [0.3, 0.4) is 0 Å². The van der Waals surface area contributed by atoms with E-state index in [0.717, 1.165) is 29.5 Å². The Morgan fingerprint density at radius 2 is 1.57 bits per heavy atom. The van der Waals surface area contributed by atoms with E-state index in [9.17, 15) is 8.42 Å². The maximum atomic E-state index is 13.0. The molecule has 3 aromatic carbocycles. The van der Waals surface area contributed by atoms with Crippen LogP contribution in [0.1, 0.15) is 25.8 Å². The van der Waals surface area contributed by atoms with Crippen LogP contribution in [0.25, 0.3) is 10.8 Å². The molecule has 2 N–H and O–H groups in total. The van der Waals surface area contributed by atoms with Gasteiger partial charge in [0.2, 0.25) is 0 Å². The van der Waals surface area contributed by atoms with Crippen molar-refractivity contribution in [3.63, 3.8) is 0 Å². The van der Waals surface area contributed by atoms with Gasteiger partial charge in [-0.2, -0.15) is 8.42 Å². The lowest BCUT2D eigenvalue weighted by atomic mass is 9.98. The molecule has 0 radical (unpaired) electrons. The van der Waals surface area contributed by atoms with Crippen molar-refractivity contribution in [1.82, 2.24) is 0 Å². The molecule has 0 heterocycles. The van der Waals surface area contributed by atoms with Gasteiger partial charge in [0.15, 0.2) is 0 Å². The van der Waals surface area contributed by atoms with Crippen LogP contribution in [0.4, 0.5) is 5.69 Å². The summed E-state index contributed by atoms with van der Waals surface area (Å²) in [4.78, 5) is 2.12. The highest BCUT2D eigenvalue weighted by Crippen LogP contribution is 2.31. The Morgan fingerprint density at radius 3 is 2.20 bits per heavy atom. The molecule has 30 heavy (non-hydrogen) atoms. The molecule has 1 atom stereocenters. The molecule has 160 valence electrons. The molecule has 0 saturated carbocycles. The van der Waals surface area contributed by atoms with E-state index >= 15 is 0 Å². The summed E-state index contributed by atoms with van der Waals surface area (Å²) in [5.41, 5.74) is 8.19. The number of benzene rings is 3. The fourth-order valence-corrected chi connectivity index (χ4v) is 4.86. The van der Waals surface area contributed by atoms with Gasteiger partial charge in [0, 0.05) is 36.6 Å². The fourth-order valence-electron chi connectivity index (χ4n) is 3.72. The van der Waals surface area contributed by atoms with Gasteiger partial charge in [0.25, 0.3) is 0 Å². The van der Waals surface area contributed by atoms with E-state index in [0.29, 0.717) is 11.3 Å². The van der Waals surface area contributed by atoms with Crippen molar-refractivity contribution < 1.29 is 12.6 Å². The van der Waals surface area contributed by atoms with Crippen LogP contribution in [0.15, 0.2) is 65.6 Å². The van der Waals surface area contributed by atoms with Gasteiger partial charge in [0.05, 0.1) is 0 Å². The summed E-state index contributed by atoms with van der Waals surface area (Å²) in [7, 11) is -0.114. The predicted octanol–water partition coefficient (Wildman–Crippen LogP) is 4.59. The molecule has 0 aliphatic heterocycles. The Balaban J connectivity index is 1.84. The molecule has 3 aromatic rings. The normalized spacial score (nSPS) is 12.9. The molecule has 5 nitrogen and oxygen atoms in total. The van der Waals surface area contributed by atoms with Gasteiger partial charge in [-0.25, -0.2) is 0 Å². The number of rotatable bonds is 8. The molecule has 0 aromatic heterocycles. The summed E-state index contributed by atoms with van der Waals surface area (Å²) in [6, 6.07) is 18.1. The highest BCUT2D eigenvalue weighted by Gasteiger charge is 2.21. The number of fused-ring (bicyclic) bond motifs is 1. The van der Waals surface area contributed by atoms with Crippen LogP contribution >= 0.6 is 0 Å². The van der Waals surface area contributed by atoms with Crippen molar-refractivity contribution >= 4 is 26.6 Å². The van der Waals surface area contributed by atoms with E-state index in [2.05, 4.69) is 13.8 Å². The largest absolute Gasteiger partial charge is 0.379 e. The predicted molar refractivity (Wildman–Crippen MR) is 124 cm³/mol. The van der Waals surface area contributed by atoms with Gasteiger partial charge in [-0.3, -0.25) is 0 Å². The number of nitrogens with two attached hydrogens (primary N) is 1. The standard InChI is InChI=1S/C24H30N2O3S/c1-17(2)15-19(25)16-18-11-13-20(14-12-18)29-30(27,28)24-10-6-7-21-22(24)8-5-9-23(21)26(3)4/h5-14,17,19H,15-16,25H2,1-4H3. The highest BCUT2D eigenvalue weighted by atomic mass is 32.2. The Labute approximate surface area is 179 Å². The van der Waals surface area contributed by atoms with Crippen LogP contribution in [0.5, 0.6) is 5.75 Å². The second-order valence-corrected chi connectivity index (χ2v) is 9.81. The minimum absolute atomic E-state index is 0.0853. The van der Waals surface area contributed by atoms with Gasteiger partial charge in [-0.1, -0.05) is 50.2 Å². The first kappa shape index (κ1) is 22.1. The van der Waals surface area contributed by atoms with Crippen LogP contribution < -0.4 is 14.8 Å². The number of hydrogen-bond donors (Lipinski definition) is 1.